The van der Waals surface area contributed by atoms with Crippen molar-refractivity contribution in [2.24, 2.45) is 0 Å². The first-order valence-corrected chi connectivity index (χ1v) is 8.10. The Morgan fingerprint density at radius 2 is 1.92 bits per heavy atom. The van der Waals surface area contributed by atoms with Crippen molar-refractivity contribution in [3.05, 3.63) is 54.1 Å². The van der Waals surface area contributed by atoms with E-state index in [1.807, 2.05) is 37.3 Å². The minimum Gasteiger partial charge on any atom is -0.497 e. The molecule has 132 valence electrons. The number of rotatable bonds is 8. The molecule has 0 aromatic heterocycles. The minimum atomic E-state index is -0.224. The van der Waals surface area contributed by atoms with Crippen LogP contribution in [-0.2, 0) is 4.79 Å². The normalized spacial score (nSPS) is 10.5. The second kappa shape index (κ2) is 9.37. The van der Waals surface area contributed by atoms with Gasteiger partial charge in [-0.2, -0.15) is 0 Å². The van der Waals surface area contributed by atoms with Crippen molar-refractivity contribution in [2.45, 2.75) is 13.3 Å². The Hall–Kier alpha value is -2.95. The maximum atomic E-state index is 12.1. The van der Waals surface area contributed by atoms with Gasteiger partial charge in [0.2, 0.25) is 5.91 Å². The summed E-state index contributed by atoms with van der Waals surface area (Å²) in [6, 6.07) is 12.8. The molecule has 5 nitrogen and oxygen atoms in total. The van der Waals surface area contributed by atoms with Crippen LogP contribution in [0.2, 0.25) is 0 Å². The molecule has 0 heterocycles. The van der Waals surface area contributed by atoms with Crippen LogP contribution in [0.15, 0.2) is 48.5 Å². The number of methoxy groups -OCH3 is 2. The van der Waals surface area contributed by atoms with Crippen molar-refractivity contribution in [2.75, 3.05) is 26.1 Å². The Bertz CT molecular complexity index is 740. The first-order valence-electron chi connectivity index (χ1n) is 8.10. The molecule has 0 saturated carbocycles. The second-order valence-electron chi connectivity index (χ2n) is 5.31. The SMILES string of the molecule is CCCOc1ccc(/C=C/C(=O)Nc2cccc(OC)c2)cc1OC. The van der Waals surface area contributed by atoms with Crippen molar-refractivity contribution in [1.29, 1.82) is 0 Å². The fourth-order valence-corrected chi connectivity index (χ4v) is 2.18. The lowest BCUT2D eigenvalue weighted by Gasteiger charge is -2.10. The van der Waals surface area contributed by atoms with Gasteiger partial charge >= 0.3 is 0 Å². The first kappa shape index (κ1) is 18.4. The average Bonchev–Trinajstić information content (AvgIpc) is 2.65. The molecule has 2 rings (SSSR count). The van der Waals surface area contributed by atoms with Crippen molar-refractivity contribution in [3.63, 3.8) is 0 Å². The zero-order valence-corrected chi connectivity index (χ0v) is 14.7. The topological polar surface area (TPSA) is 56.8 Å². The summed E-state index contributed by atoms with van der Waals surface area (Å²) in [5.74, 6) is 1.80. The number of hydrogen-bond donors (Lipinski definition) is 1. The standard InChI is InChI=1S/C20H23NO4/c1-4-12-25-18-10-8-15(13-19(18)24-3)9-11-20(22)21-16-6-5-7-17(14-16)23-2/h5-11,13-14H,4,12H2,1-3H3,(H,21,22)/b11-9+. The monoisotopic (exact) mass is 341 g/mol. The van der Waals surface area contributed by atoms with E-state index in [4.69, 9.17) is 14.2 Å². The van der Waals surface area contributed by atoms with E-state index in [-0.39, 0.29) is 5.91 Å². The second-order valence-corrected chi connectivity index (χ2v) is 5.31. The van der Waals surface area contributed by atoms with Crippen LogP contribution >= 0.6 is 0 Å². The Morgan fingerprint density at radius 3 is 2.64 bits per heavy atom. The molecule has 0 spiro atoms. The molecule has 0 fully saturated rings. The summed E-state index contributed by atoms with van der Waals surface area (Å²) in [6.45, 7) is 2.68. The average molecular weight is 341 g/mol. The van der Waals surface area contributed by atoms with Gasteiger partial charge in [-0.1, -0.05) is 19.1 Å². The maximum Gasteiger partial charge on any atom is 0.248 e. The highest BCUT2D eigenvalue weighted by molar-refractivity contribution is 6.02. The van der Waals surface area contributed by atoms with Crippen LogP contribution in [0.5, 0.6) is 17.2 Å². The number of carbonyl (C=O) groups excluding carboxylic acids is 1. The molecule has 1 N–H and O–H groups in total. The molecule has 0 aliphatic heterocycles. The van der Waals surface area contributed by atoms with E-state index in [1.165, 1.54) is 6.08 Å². The highest BCUT2D eigenvalue weighted by Gasteiger charge is 2.05. The molecule has 0 radical (unpaired) electrons. The molecule has 2 aromatic rings. The number of anilines is 1. The summed E-state index contributed by atoms with van der Waals surface area (Å²) in [7, 11) is 3.18. The van der Waals surface area contributed by atoms with E-state index >= 15 is 0 Å². The number of carbonyl (C=O) groups is 1. The minimum absolute atomic E-state index is 0.224. The largest absolute Gasteiger partial charge is 0.497 e. The van der Waals surface area contributed by atoms with Gasteiger partial charge in [-0.25, -0.2) is 0 Å². The van der Waals surface area contributed by atoms with Crippen LogP contribution in [0.4, 0.5) is 5.69 Å². The van der Waals surface area contributed by atoms with Crippen LogP contribution in [0.1, 0.15) is 18.9 Å². The summed E-state index contributed by atoms with van der Waals surface area (Å²) >= 11 is 0. The third-order valence-electron chi connectivity index (χ3n) is 3.41. The van der Waals surface area contributed by atoms with Gasteiger partial charge in [0.1, 0.15) is 5.75 Å². The molecule has 0 saturated heterocycles. The van der Waals surface area contributed by atoms with Gasteiger partial charge in [0.15, 0.2) is 11.5 Å². The lowest BCUT2D eigenvalue weighted by Crippen LogP contribution is -2.07. The molecule has 0 aliphatic carbocycles. The molecule has 0 atom stereocenters. The van der Waals surface area contributed by atoms with Gasteiger partial charge in [-0.3, -0.25) is 4.79 Å². The number of hydrogen-bond acceptors (Lipinski definition) is 4. The molecule has 0 unspecified atom stereocenters. The van der Waals surface area contributed by atoms with Crippen LogP contribution < -0.4 is 19.5 Å². The van der Waals surface area contributed by atoms with Crippen LogP contribution in [-0.4, -0.2) is 26.7 Å². The number of nitrogens with one attached hydrogen (secondary N) is 1. The van der Waals surface area contributed by atoms with Gasteiger partial charge in [0, 0.05) is 17.8 Å². The van der Waals surface area contributed by atoms with Crippen molar-refractivity contribution in [1.82, 2.24) is 0 Å². The zero-order valence-electron chi connectivity index (χ0n) is 14.7. The summed E-state index contributed by atoms with van der Waals surface area (Å²) in [6.07, 6.45) is 4.12. The Kier molecular flexibility index (Phi) is 6.89. The molecular formula is C20H23NO4. The van der Waals surface area contributed by atoms with E-state index in [2.05, 4.69) is 5.32 Å². The fourth-order valence-electron chi connectivity index (χ4n) is 2.18. The highest BCUT2D eigenvalue weighted by atomic mass is 16.5. The van der Waals surface area contributed by atoms with Gasteiger partial charge in [0.25, 0.3) is 0 Å². The van der Waals surface area contributed by atoms with Crippen molar-refractivity contribution >= 4 is 17.7 Å². The Labute approximate surface area is 148 Å². The maximum absolute atomic E-state index is 12.1. The van der Waals surface area contributed by atoms with Crippen LogP contribution in [0, 0.1) is 0 Å². The third kappa shape index (κ3) is 5.57. The van der Waals surface area contributed by atoms with Gasteiger partial charge < -0.3 is 19.5 Å². The van der Waals surface area contributed by atoms with Gasteiger partial charge in [-0.05, 0) is 42.3 Å². The summed E-state index contributed by atoms with van der Waals surface area (Å²) < 4.78 is 16.1. The molecule has 5 heteroatoms. The lowest BCUT2D eigenvalue weighted by atomic mass is 10.2. The van der Waals surface area contributed by atoms with E-state index < -0.39 is 0 Å². The number of amides is 1. The van der Waals surface area contributed by atoms with Crippen molar-refractivity contribution < 1.29 is 19.0 Å². The summed E-state index contributed by atoms with van der Waals surface area (Å²) in [4.78, 5) is 12.1. The van der Waals surface area contributed by atoms with Gasteiger partial charge in [-0.15, -0.1) is 0 Å². The molecule has 0 bridgehead atoms. The van der Waals surface area contributed by atoms with E-state index in [1.54, 1.807) is 32.4 Å². The smallest absolute Gasteiger partial charge is 0.248 e. The Balaban J connectivity index is 2.03. The predicted octanol–water partition coefficient (Wildman–Crippen LogP) is 4.14. The summed E-state index contributed by atoms with van der Waals surface area (Å²) in [5, 5.41) is 2.79. The quantitative estimate of drug-likeness (QED) is 0.733. The summed E-state index contributed by atoms with van der Waals surface area (Å²) in [5.41, 5.74) is 1.52. The number of benzene rings is 2. The Morgan fingerprint density at radius 1 is 1.08 bits per heavy atom. The molecule has 2 aromatic carbocycles. The molecule has 25 heavy (non-hydrogen) atoms. The molecular weight excluding hydrogens is 318 g/mol. The van der Waals surface area contributed by atoms with Crippen LogP contribution in [0.25, 0.3) is 6.08 Å². The molecule has 0 aliphatic rings. The third-order valence-corrected chi connectivity index (χ3v) is 3.41. The lowest BCUT2D eigenvalue weighted by molar-refractivity contribution is -0.111. The number of ether oxygens (including phenoxy) is 3. The van der Waals surface area contributed by atoms with E-state index in [0.29, 0.717) is 29.5 Å². The first-order chi connectivity index (χ1) is 12.2. The van der Waals surface area contributed by atoms with Crippen LogP contribution in [0.3, 0.4) is 0 Å². The van der Waals surface area contributed by atoms with E-state index in [9.17, 15) is 4.79 Å². The van der Waals surface area contributed by atoms with E-state index in [0.717, 1.165) is 12.0 Å². The molecule has 1 amide bonds. The highest BCUT2D eigenvalue weighted by Crippen LogP contribution is 2.28. The van der Waals surface area contributed by atoms with Crippen molar-refractivity contribution in [3.8, 4) is 17.2 Å². The van der Waals surface area contributed by atoms with Gasteiger partial charge in [0.05, 0.1) is 20.8 Å². The predicted molar refractivity (Wildman–Crippen MR) is 99.4 cm³/mol. The fraction of sp³-hybridized carbons (Fsp3) is 0.250. The zero-order chi connectivity index (χ0) is 18.1.